The van der Waals surface area contributed by atoms with Crippen LogP contribution in [-0.2, 0) is 4.79 Å². The van der Waals surface area contributed by atoms with E-state index in [1.807, 2.05) is 12.1 Å². The lowest BCUT2D eigenvalue weighted by molar-refractivity contribution is -0.137. The van der Waals surface area contributed by atoms with E-state index in [2.05, 4.69) is 12.2 Å². The molecule has 0 saturated heterocycles. The Bertz CT molecular complexity index is 503. The van der Waals surface area contributed by atoms with Gasteiger partial charge in [0.15, 0.2) is 0 Å². The van der Waals surface area contributed by atoms with Crippen molar-refractivity contribution in [2.45, 2.75) is 25.2 Å². The van der Waals surface area contributed by atoms with E-state index in [4.69, 9.17) is 5.11 Å². The molecule has 0 radical (unpaired) electrons. The average molecular weight is 258 g/mol. The Kier molecular flexibility index (Phi) is 3.05. The fourth-order valence-electron chi connectivity index (χ4n) is 3.80. The highest BCUT2D eigenvalue weighted by atomic mass is 16.4. The maximum absolute atomic E-state index is 10.8. The van der Waals surface area contributed by atoms with Crippen molar-refractivity contribution >= 4 is 5.97 Å². The Balaban J connectivity index is 1.83. The highest BCUT2D eigenvalue weighted by Gasteiger charge is 2.44. The van der Waals surface area contributed by atoms with Crippen molar-refractivity contribution in [1.29, 1.82) is 0 Å². The van der Waals surface area contributed by atoms with E-state index >= 15 is 0 Å². The minimum absolute atomic E-state index is 0.246. The van der Waals surface area contributed by atoms with Crippen LogP contribution >= 0.6 is 0 Å². The molecule has 3 nitrogen and oxygen atoms in total. The van der Waals surface area contributed by atoms with Crippen molar-refractivity contribution in [3.05, 3.63) is 42.0 Å². The number of benzene rings is 1. The standard InChI is InChI=1S/C16H18O3/c17-13-5-3-10(4-6-13)16-12-2-1-11(9-12)14(16)7-8-15(18)19/h1-6,11-12,14,16-17H,7-9H2,(H,18,19). The number of aromatic hydroxyl groups is 1. The molecule has 0 aliphatic heterocycles. The number of phenolic OH excluding ortho intramolecular Hbond substituents is 1. The van der Waals surface area contributed by atoms with Gasteiger partial charge in [-0.05, 0) is 54.2 Å². The molecule has 0 aromatic heterocycles. The zero-order valence-electron chi connectivity index (χ0n) is 10.7. The molecule has 0 spiro atoms. The van der Waals surface area contributed by atoms with Crippen molar-refractivity contribution in [2.75, 3.05) is 0 Å². The van der Waals surface area contributed by atoms with Gasteiger partial charge in [-0.2, -0.15) is 0 Å². The smallest absolute Gasteiger partial charge is 0.303 e. The van der Waals surface area contributed by atoms with Gasteiger partial charge in [0.25, 0.3) is 0 Å². The zero-order chi connectivity index (χ0) is 13.4. The molecule has 1 fully saturated rings. The van der Waals surface area contributed by atoms with Crippen LogP contribution in [0.3, 0.4) is 0 Å². The number of carbonyl (C=O) groups is 1. The summed E-state index contributed by atoms with van der Waals surface area (Å²) in [6, 6.07) is 7.39. The number of hydrogen-bond donors (Lipinski definition) is 2. The summed E-state index contributed by atoms with van der Waals surface area (Å²) in [7, 11) is 0. The first kappa shape index (κ1) is 12.3. The van der Waals surface area contributed by atoms with Gasteiger partial charge in [-0.3, -0.25) is 4.79 Å². The van der Waals surface area contributed by atoms with Crippen LogP contribution in [0.4, 0.5) is 0 Å². The molecule has 3 heteroatoms. The summed E-state index contributed by atoms with van der Waals surface area (Å²) in [5.74, 6) is 1.47. The van der Waals surface area contributed by atoms with E-state index in [0.29, 0.717) is 23.7 Å². The highest BCUT2D eigenvalue weighted by Crippen LogP contribution is 2.54. The van der Waals surface area contributed by atoms with E-state index in [0.717, 1.165) is 12.8 Å². The van der Waals surface area contributed by atoms with Crippen LogP contribution in [0.5, 0.6) is 5.75 Å². The third-order valence-electron chi connectivity index (χ3n) is 4.59. The topological polar surface area (TPSA) is 57.5 Å². The van der Waals surface area contributed by atoms with Crippen LogP contribution in [0.2, 0.25) is 0 Å². The first-order chi connectivity index (χ1) is 9.15. The Morgan fingerprint density at radius 3 is 2.53 bits per heavy atom. The zero-order valence-corrected chi connectivity index (χ0v) is 10.7. The van der Waals surface area contributed by atoms with Gasteiger partial charge in [0.1, 0.15) is 5.75 Å². The number of rotatable bonds is 4. The van der Waals surface area contributed by atoms with Crippen LogP contribution in [0.15, 0.2) is 36.4 Å². The van der Waals surface area contributed by atoms with Gasteiger partial charge < -0.3 is 10.2 Å². The molecule has 2 aliphatic rings. The molecule has 1 aromatic rings. The normalized spacial score (nSPS) is 31.8. The van der Waals surface area contributed by atoms with Gasteiger partial charge in [-0.15, -0.1) is 0 Å². The molecule has 0 amide bonds. The molecule has 100 valence electrons. The second-order valence-corrected chi connectivity index (χ2v) is 5.66. The van der Waals surface area contributed by atoms with Gasteiger partial charge >= 0.3 is 5.97 Å². The van der Waals surface area contributed by atoms with Gasteiger partial charge in [-0.1, -0.05) is 24.3 Å². The van der Waals surface area contributed by atoms with Crippen molar-refractivity contribution in [3.63, 3.8) is 0 Å². The summed E-state index contributed by atoms with van der Waals surface area (Å²) in [6.07, 6.45) is 6.67. The second-order valence-electron chi connectivity index (χ2n) is 5.66. The molecule has 2 aliphatic carbocycles. The van der Waals surface area contributed by atoms with E-state index in [1.165, 1.54) is 5.56 Å². The summed E-state index contributed by atoms with van der Waals surface area (Å²) in [4.78, 5) is 10.8. The molecule has 1 aromatic carbocycles. The number of fused-ring (bicyclic) bond motifs is 2. The summed E-state index contributed by atoms with van der Waals surface area (Å²) in [5, 5.41) is 18.3. The van der Waals surface area contributed by atoms with E-state index in [-0.39, 0.29) is 12.2 Å². The Morgan fingerprint density at radius 1 is 1.16 bits per heavy atom. The van der Waals surface area contributed by atoms with Crippen LogP contribution in [-0.4, -0.2) is 16.2 Å². The third kappa shape index (κ3) is 2.25. The fourth-order valence-corrected chi connectivity index (χ4v) is 3.80. The Morgan fingerprint density at radius 2 is 1.84 bits per heavy atom. The van der Waals surface area contributed by atoms with E-state index in [1.54, 1.807) is 12.1 Å². The quantitative estimate of drug-likeness (QED) is 0.815. The van der Waals surface area contributed by atoms with Crippen LogP contribution < -0.4 is 0 Å². The van der Waals surface area contributed by atoms with Crippen LogP contribution in [0, 0.1) is 17.8 Å². The number of allylic oxidation sites excluding steroid dienone is 2. The lowest BCUT2D eigenvalue weighted by Gasteiger charge is -2.28. The summed E-state index contributed by atoms with van der Waals surface area (Å²) < 4.78 is 0. The van der Waals surface area contributed by atoms with Crippen molar-refractivity contribution in [1.82, 2.24) is 0 Å². The van der Waals surface area contributed by atoms with Gasteiger partial charge in [0.05, 0.1) is 0 Å². The summed E-state index contributed by atoms with van der Waals surface area (Å²) in [6.45, 7) is 0. The molecule has 2 bridgehead atoms. The second kappa shape index (κ2) is 4.72. The van der Waals surface area contributed by atoms with Gasteiger partial charge in [-0.25, -0.2) is 0 Å². The number of phenols is 1. The first-order valence-electron chi connectivity index (χ1n) is 6.84. The molecule has 3 rings (SSSR count). The predicted octanol–water partition coefficient (Wildman–Crippen LogP) is 3.16. The monoisotopic (exact) mass is 258 g/mol. The number of carboxylic acid groups (broad SMARTS) is 1. The minimum atomic E-state index is -0.712. The van der Waals surface area contributed by atoms with Gasteiger partial charge in [0, 0.05) is 6.42 Å². The predicted molar refractivity (Wildman–Crippen MR) is 71.9 cm³/mol. The SMILES string of the molecule is O=C(O)CCC1C2C=CC(C2)C1c1ccc(O)cc1. The molecular weight excluding hydrogens is 240 g/mol. The van der Waals surface area contributed by atoms with Crippen molar-refractivity contribution in [2.24, 2.45) is 17.8 Å². The molecule has 19 heavy (non-hydrogen) atoms. The molecular formula is C16H18O3. The average Bonchev–Trinajstić information content (AvgIpc) is 2.97. The molecule has 0 heterocycles. The van der Waals surface area contributed by atoms with Gasteiger partial charge in [0.2, 0.25) is 0 Å². The Hall–Kier alpha value is -1.77. The lowest BCUT2D eigenvalue weighted by atomic mass is 9.76. The number of carboxylic acids is 1. The minimum Gasteiger partial charge on any atom is -0.508 e. The van der Waals surface area contributed by atoms with Crippen LogP contribution in [0.25, 0.3) is 0 Å². The first-order valence-corrected chi connectivity index (χ1v) is 6.84. The molecule has 1 saturated carbocycles. The summed E-state index contributed by atoms with van der Waals surface area (Å²) >= 11 is 0. The van der Waals surface area contributed by atoms with Crippen molar-refractivity contribution < 1.29 is 15.0 Å². The maximum Gasteiger partial charge on any atom is 0.303 e. The third-order valence-corrected chi connectivity index (χ3v) is 4.59. The largest absolute Gasteiger partial charge is 0.508 e. The number of aliphatic carboxylic acids is 1. The fraction of sp³-hybridized carbons (Fsp3) is 0.438. The van der Waals surface area contributed by atoms with E-state index in [9.17, 15) is 9.90 Å². The van der Waals surface area contributed by atoms with Crippen molar-refractivity contribution in [3.8, 4) is 5.75 Å². The number of hydrogen-bond acceptors (Lipinski definition) is 2. The Labute approximate surface area is 112 Å². The lowest BCUT2D eigenvalue weighted by Crippen LogP contribution is -2.19. The maximum atomic E-state index is 10.8. The highest BCUT2D eigenvalue weighted by molar-refractivity contribution is 5.66. The molecule has 2 N–H and O–H groups in total. The molecule has 4 atom stereocenters. The van der Waals surface area contributed by atoms with Crippen LogP contribution in [0.1, 0.15) is 30.7 Å². The summed E-state index contributed by atoms with van der Waals surface area (Å²) in [5.41, 5.74) is 1.23. The molecule has 4 unspecified atom stereocenters. The van der Waals surface area contributed by atoms with E-state index < -0.39 is 5.97 Å².